The van der Waals surface area contributed by atoms with Crippen LogP contribution in [-0.4, -0.2) is 23.8 Å². The van der Waals surface area contributed by atoms with Gasteiger partial charge in [0.1, 0.15) is 5.58 Å². The first-order valence-electron chi connectivity index (χ1n) is 9.12. The number of methoxy groups -OCH3 is 2. The van der Waals surface area contributed by atoms with E-state index < -0.39 is 5.63 Å². The summed E-state index contributed by atoms with van der Waals surface area (Å²) in [5.41, 5.74) is 2.36. The quantitative estimate of drug-likeness (QED) is 0.374. The number of benzene rings is 2. The molecule has 0 saturated carbocycles. The SMILES string of the molecule is COc1ccc(CCn2cc(-c3cc4ccccc4oc3=O)[nH]c2=S)cc1OC. The third-order valence-electron chi connectivity index (χ3n) is 4.81. The summed E-state index contributed by atoms with van der Waals surface area (Å²) in [6, 6.07) is 15.1. The van der Waals surface area contributed by atoms with Crippen molar-refractivity contribution >= 4 is 23.2 Å². The van der Waals surface area contributed by atoms with Gasteiger partial charge in [0, 0.05) is 18.1 Å². The smallest absolute Gasteiger partial charge is 0.345 e. The van der Waals surface area contributed by atoms with Crippen molar-refractivity contribution in [3.63, 3.8) is 0 Å². The lowest BCUT2D eigenvalue weighted by Gasteiger charge is -2.09. The molecular formula is C22H20N2O4S. The van der Waals surface area contributed by atoms with Crippen LogP contribution in [0.3, 0.4) is 0 Å². The van der Waals surface area contributed by atoms with Gasteiger partial charge in [-0.1, -0.05) is 24.3 Å². The topological polar surface area (TPSA) is 69.4 Å². The molecule has 0 fully saturated rings. The Morgan fingerprint density at radius 1 is 1.07 bits per heavy atom. The lowest BCUT2D eigenvalue weighted by atomic mass is 10.1. The minimum atomic E-state index is -0.396. The van der Waals surface area contributed by atoms with Crippen LogP contribution < -0.4 is 15.1 Å². The highest BCUT2D eigenvalue weighted by Gasteiger charge is 2.11. The van der Waals surface area contributed by atoms with E-state index in [0.29, 0.717) is 39.7 Å². The predicted octanol–water partition coefficient (Wildman–Crippen LogP) is 4.58. The molecular weight excluding hydrogens is 388 g/mol. The number of para-hydroxylation sites is 1. The maximum absolute atomic E-state index is 12.4. The molecule has 0 aliphatic rings. The van der Waals surface area contributed by atoms with Gasteiger partial charge in [0.25, 0.3) is 0 Å². The van der Waals surface area contributed by atoms with Gasteiger partial charge in [-0.3, -0.25) is 0 Å². The number of hydrogen-bond donors (Lipinski definition) is 1. The Kier molecular flexibility index (Phi) is 5.22. The van der Waals surface area contributed by atoms with Crippen molar-refractivity contribution in [2.24, 2.45) is 0 Å². The van der Waals surface area contributed by atoms with E-state index in [9.17, 15) is 4.79 Å². The predicted molar refractivity (Wildman–Crippen MR) is 114 cm³/mol. The first-order chi connectivity index (χ1) is 14.1. The Labute approximate surface area is 172 Å². The van der Waals surface area contributed by atoms with Gasteiger partial charge in [0.15, 0.2) is 16.3 Å². The van der Waals surface area contributed by atoms with Crippen LogP contribution in [0.1, 0.15) is 5.56 Å². The third kappa shape index (κ3) is 3.82. The van der Waals surface area contributed by atoms with Crippen molar-refractivity contribution in [3.05, 3.63) is 75.5 Å². The van der Waals surface area contributed by atoms with Gasteiger partial charge in [0.05, 0.1) is 25.5 Å². The highest BCUT2D eigenvalue weighted by atomic mass is 32.1. The van der Waals surface area contributed by atoms with E-state index in [1.54, 1.807) is 20.3 Å². The van der Waals surface area contributed by atoms with Crippen LogP contribution in [0.5, 0.6) is 11.5 Å². The minimum Gasteiger partial charge on any atom is -0.493 e. The van der Waals surface area contributed by atoms with Gasteiger partial charge in [-0.25, -0.2) is 4.79 Å². The molecule has 0 bridgehead atoms. The molecule has 0 spiro atoms. The van der Waals surface area contributed by atoms with Crippen molar-refractivity contribution in [2.75, 3.05) is 14.2 Å². The molecule has 0 amide bonds. The van der Waals surface area contributed by atoms with Crippen molar-refractivity contribution in [2.45, 2.75) is 13.0 Å². The molecule has 4 rings (SSSR count). The number of H-pyrrole nitrogens is 1. The van der Waals surface area contributed by atoms with Crippen molar-refractivity contribution in [3.8, 4) is 22.8 Å². The van der Waals surface area contributed by atoms with Crippen LogP contribution in [0.4, 0.5) is 0 Å². The molecule has 0 unspecified atom stereocenters. The van der Waals surface area contributed by atoms with Crippen LogP contribution in [0.2, 0.25) is 0 Å². The normalized spacial score (nSPS) is 11.0. The van der Waals surface area contributed by atoms with Gasteiger partial charge >= 0.3 is 5.63 Å². The van der Waals surface area contributed by atoms with Gasteiger partial charge in [-0.2, -0.15) is 0 Å². The number of aryl methyl sites for hydroxylation is 2. The molecule has 2 aromatic heterocycles. The van der Waals surface area contributed by atoms with E-state index in [4.69, 9.17) is 26.1 Å². The summed E-state index contributed by atoms with van der Waals surface area (Å²) >= 11 is 5.45. The Morgan fingerprint density at radius 3 is 2.66 bits per heavy atom. The summed E-state index contributed by atoms with van der Waals surface area (Å²) in [6.45, 7) is 0.656. The standard InChI is InChI=1S/C22H20N2O4S/c1-26-19-8-7-14(11-20(19)27-2)9-10-24-13-17(23-22(24)29)16-12-15-5-3-4-6-18(15)28-21(16)25/h3-8,11-13H,9-10H2,1-2H3,(H,23,29). The number of nitrogens with zero attached hydrogens (tertiary/aromatic N) is 1. The molecule has 0 saturated heterocycles. The summed E-state index contributed by atoms with van der Waals surface area (Å²) < 4.78 is 18.5. The van der Waals surface area contributed by atoms with Crippen molar-refractivity contribution in [1.82, 2.24) is 9.55 Å². The van der Waals surface area contributed by atoms with E-state index in [2.05, 4.69) is 4.98 Å². The Bertz CT molecular complexity index is 1290. The molecule has 29 heavy (non-hydrogen) atoms. The second-order valence-corrected chi connectivity index (χ2v) is 6.98. The Morgan fingerprint density at radius 2 is 1.86 bits per heavy atom. The monoisotopic (exact) mass is 408 g/mol. The van der Waals surface area contributed by atoms with E-state index in [0.717, 1.165) is 17.4 Å². The molecule has 0 aliphatic carbocycles. The Hall–Kier alpha value is -3.32. The summed E-state index contributed by atoms with van der Waals surface area (Å²) in [5.74, 6) is 1.39. The van der Waals surface area contributed by atoms with Gasteiger partial charge in [-0.15, -0.1) is 0 Å². The second kappa shape index (κ2) is 7.97. The van der Waals surface area contributed by atoms with Crippen LogP contribution in [0.15, 0.2) is 63.9 Å². The molecule has 148 valence electrons. The average molecular weight is 408 g/mol. The minimum absolute atomic E-state index is 0.396. The number of hydrogen-bond acceptors (Lipinski definition) is 5. The lowest BCUT2D eigenvalue weighted by Crippen LogP contribution is -2.03. The summed E-state index contributed by atoms with van der Waals surface area (Å²) in [5, 5.41) is 0.861. The number of ether oxygens (including phenoxy) is 2. The third-order valence-corrected chi connectivity index (χ3v) is 5.14. The van der Waals surface area contributed by atoms with Crippen LogP contribution >= 0.6 is 12.2 Å². The van der Waals surface area contributed by atoms with E-state index in [1.807, 2.05) is 53.2 Å². The average Bonchev–Trinajstić information content (AvgIpc) is 3.11. The molecule has 2 heterocycles. The largest absolute Gasteiger partial charge is 0.493 e. The number of aromatic amines is 1. The van der Waals surface area contributed by atoms with Crippen LogP contribution in [-0.2, 0) is 13.0 Å². The number of rotatable bonds is 6. The molecule has 4 aromatic rings. The van der Waals surface area contributed by atoms with Crippen LogP contribution in [0.25, 0.3) is 22.2 Å². The molecule has 2 aromatic carbocycles. The highest BCUT2D eigenvalue weighted by molar-refractivity contribution is 7.71. The van der Waals surface area contributed by atoms with Crippen molar-refractivity contribution in [1.29, 1.82) is 0 Å². The highest BCUT2D eigenvalue weighted by Crippen LogP contribution is 2.28. The maximum atomic E-state index is 12.4. The molecule has 6 nitrogen and oxygen atoms in total. The molecule has 0 atom stereocenters. The first-order valence-corrected chi connectivity index (χ1v) is 9.53. The van der Waals surface area contributed by atoms with Crippen LogP contribution in [0, 0.1) is 4.77 Å². The molecule has 0 radical (unpaired) electrons. The molecule has 7 heteroatoms. The first kappa shape index (κ1) is 19.0. The van der Waals surface area contributed by atoms with E-state index in [1.165, 1.54) is 0 Å². The van der Waals surface area contributed by atoms with Gasteiger partial charge in [-0.05, 0) is 48.5 Å². The van der Waals surface area contributed by atoms with E-state index >= 15 is 0 Å². The van der Waals surface area contributed by atoms with Gasteiger partial charge in [0.2, 0.25) is 0 Å². The van der Waals surface area contributed by atoms with E-state index in [-0.39, 0.29) is 0 Å². The molecule has 0 aliphatic heterocycles. The summed E-state index contributed by atoms with van der Waals surface area (Å²) in [7, 11) is 3.23. The zero-order valence-electron chi connectivity index (χ0n) is 16.1. The van der Waals surface area contributed by atoms with Crippen molar-refractivity contribution < 1.29 is 13.9 Å². The number of aromatic nitrogens is 2. The van der Waals surface area contributed by atoms with Gasteiger partial charge < -0.3 is 23.4 Å². The fourth-order valence-corrected chi connectivity index (χ4v) is 3.53. The summed E-state index contributed by atoms with van der Waals surface area (Å²) in [4.78, 5) is 15.5. The molecule has 1 N–H and O–H groups in total. The maximum Gasteiger partial charge on any atom is 0.345 e. The number of nitrogens with one attached hydrogen (secondary N) is 1. The second-order valence-electron chi connectivity index (χ2n) is 6.59. The zero-order chi connectivity index (χ0) is 20.4. The fourth-order valence-electron chi connectivity index (χ4n) is 3.27. The number of fused-ring (bicyclic) bond motifs is 1. The number of imidazole rings is 1. The fraction of sp³-hybridized carbons (Fsp3) is 0.182. The Balaban J connectivity index is 1.60. The summed E-state index contributed by atoms with van der Waals surface area (Å²) in [6.07, 6.45) is 2.60. The zero-order valence-corrected chi connectivity index (χ0v) is 16.9. The lowest BCUT2D eigenvalue weighted by molar-refractivity contribution is 0.354.